The number of nitrogens with one attached hydrogen (secondary N) is 1. The molecular weight excluding hydrogens is 400 g/mol. The average molecular weight is 441 g/mol. The van der Waals surface area contributed by atoms with Crippen LogP contribution in [0.5, 0.6) is 0 Å². The topological polar surface area (TPSA) is 55.9 Å². The summed E-state index contributed by atoms with van der Waals surface area (Å²) < 4.78 is 0. The number of nitrogens with zero attached hydrogens (tertiary/aromatic N) is 3. The van der Waals surface area contributed by atoms with Crippen LogP contribution in [0.25, 0.3) is 0 Å². The molecule has 176 valence electrons. The van der Waals surface area contributed by atoms with E-state index in [1.165, 1.54) is 32.4 Å². The molecule has 3 heterocycles. The van der Waals surface area contributed by atoms with E-state index in [1.807, 2.05) is 30.3 Å². The molecule has 1 atom stereocenters. The third-order valence-electron chi connectivity index (χ3n) is 7.79. The van der Waals surface area contributed by atoms with E-state index < -0.39 is 0 Å². The first-order valence-electron chi connectivity index (χ1n) is 12.7. The standard InChI is InChI=1S/C26H40N4O2/c1-28-17-13-23(14-18-28)29-19-11-22(12-20-29)26(32)30-16-6-5-9-24(30)10-15-27-25(31)21-7-3-2-4-8-21/h2-4,7-8,22-24H,5-6,9-20H2,1H3,(H,27,31)/t24-/m0/s1. The number of carbonyl (C=O) groups is 2. The molecule has 0 aromatic heterocycles. The minimum Gasteiger partial charge on any atom is -0.352 e. The minimum absolute atomic E-state index is 0.0273. The summed E-state index contributed by atoms with van der Waals surface area (Å²) in [6.45, 7) is 6.02. The van der Waals surface area contributed by atoms with Gasteiger partial charge in [-0.3, -0.25) is 9.59 Å². The van der Waals surface area contributed by atoms with Crippen LogP contribution in [0.15, 0.2) is 30.3 Å². The lowest BCUT2D eigenvalue weighted by Gasteiger charge is -2.43. The Balaban J connectivity index is 1.24. The zero-order chi connectivity index (χ0) is 22.3. The van der Waals surface area contributed by atoms with Gasteiger partial charge < -0.3 is 20.0 Å². The Hall–Kier alpha value is -1.92. The van der Waals surface area contributed by atoms with E-state index in [-0.39, 0.29) is 17.9 Å². The van der Waals surface area contributed by atoms with Gasteiger partial charge in [-0.15, -0.1) is 0 Å². The highest BCUT2D eigenvalue weighted by atomic mass is 16.2. The molecule has 6 heteroatoms. The fourth-order valence-corrected chi connectivity index (χ4v) is 5.74. The molecule has 32 heavy (non-hydrogen) atoms. The van der Waals surface area contributed by atoms with Crippen LogP contribution in [0, 0.1) is 5.92 Å². The fourth-order valence-electron chi connectivity index (χ4n) is 5.74. The lowest BCUT2D eigenvalue weighted by Crippen LogP contribution is -2.51. The Bertz CT molecular complexity index is 739. The molecule has 4 rings (SSSR count). The van der Waals surface area contributed by atoms with Crippen LogP contribution >= 0.6 is 0 Å². The first-order chi connectivity index (χ1) is 15.6. The van der Waals surface area contributed by atoms with Gasteiger partial charge in [0, 0.05) is 36.7 Å². The van der Waals surface area contributed by atoms with Gasteiger partial charge in [0.25, 0.3) is 5.91 Å². The normalized spacial score (nSPS) is 24.4. The molecule has 3 aliphatic heterocycles. The molecule has 0 bridgehead atoms. The summed E-state index contributed by atoms with van der Waals surface area (Å²) in [5.41, 5.74) is 0.695. The molecule has 1 aromatic carbocycles. The number of carbonyl (C=O) groups excluding carboxylic acids is 2. The molecule has 0 radical (unpaired) electrons. The van der Waals surface area contributed by atoms with Gasteiger partial charge in [-0.05, 0) is 96.7 Å². The highest BCUT2D eigenvalue weighted by molar-refractivity contribution is 5.94. The lowest BCUT2D eigenvalue weighted by atomic mass is 9.90. The van der Waals surface area contributed by atoms with Crippen molar-refractivity contribution in [2.75, 3.05) is 46.3 Å². The molecule has 2 amide bonds. The van der Waals surface area contributed by atoms with E-state index in [0.717, 1.165) is 51.7 Å². The maximum atomic E-state index is 13.4. The summed E-state index contributed by atoms with van der Waals surface area (Å²) >= 11 is 0. The number of benzene rings is 1. The first-order valence-corrected chi connectivity index (χ1v) is 12.7. The monoisotopic (exact) mass is 440 g/mol. The molecule has 0 aliphatic carbocycles. The van der Waals surface area contributed by atoms with Crippen molar-refractivity contribution in [3.05, 3.63) is 35.9 Å². The van der Waals surface area contributed by atoms with Crippen LogP contribution in [-0.2, 0) is 4.79 Å². The van der Waals surface area contributed by atoms with Crippen LogP contribution in [-0.4, -0.2) is 84.9 Å². The Morgan fingerprint density at radius 2 is 1.62 bits per heavy atom. The Morgan fingerprint density at radius 3 is 2.34 bits per heavy atom. The van der Waals surface area contributed by atoms with Gasteiger partial charge in [0.1, 0.15) is 0 Å². The Morgan fingerprint density at radius 1 is 0.906 bits per heavy atom. The molecule has 3 fully saturated rings. The van der Waals surface area contributed by atoms with E-state index in [1.54, 1.807) is 0 Å². The van der Waals surface area contributed by atoms with Crippen LogP contribution < -0.4 is 5.32 Å². The van der Waals surface area contributed by atoms with Gasteiger partial charge in [-0.1, -0.05) is 18.2 Å². The van der Waals surface area contributed by atoms with Crippen molar-refractivity contribution in [2.24, 2.45) is 5.92 Å². The zero-order valence-corrected chi connectivity index (χ0v) is 19.7. The van der Waals surface area contributed by atoms with Crippen molar-refractivity contribution in [2.45, 2.75) is 63.5 Å². The molecule has 1 aromatic rings. The quantitative estimate of drug-likeness (QED) is 0.739. The van der Waals surface area contributed by atoms with Crippen LogP contribution in [0.2, 0.25) is 0 Å². The number of amides is 2. The van der Waals surface area contributed by atoms with Crippen LogP contribution in [0.3, 0.4) is 0 Å². The number of hydrogen-bond acceptors (Lipinski definition) is 4. The largest absolute Gasteiger partial charge is 0.352 e. The first kappa shape index (κ1) is 23.2. The van der Waals surface area contributed by atoms with Gasteiger partial charge in [-0.2, -0.15) is 0 Å². The van der Waals surface area contributed by atoms with Crippen LogP contribution in [0.4, 0.5) is 0 Å². The van der Waals surface area contributed by atoms with Gasteiger partial charge >= 0.3 is 0 Å². The van der Waals surface area contributed by atoms with Gasteiger partial charge in [0.15, 0.2) is 0 Å². The predicted molar refractivity (Wildman–Crippen MR) is 128 cm³/mol. The summed E-state index contributed by atoms with van der Waals surface area (Å²) in [6, 6.07) is 10.3. The Kier molecular flexibility index (Phi) is 8.20. The summed E-state index contributed by atoms with van der Waals surface area (Å²) in [5.74, 6) is 0.518. The molecule has 3 aliphatic rings. The van der Waals surface area contributed by atoms with Crippen molar-refractivity contribution >= 4 is 11.8 Å². The van der Waals surface area contributed by atoms with Gasteiger partial charge in [-0.25, -0.2) is 0 Å². The van der Waals surface area contributed by atoms with E-state index in [4.69, 9.17) is 0 Å². The Labute approximate surface area is 193 Å². The third-order valence-corrected chi connectivity index (χ3v) is 7.79. The lowest BCUT2D eigenvalue weighted by molar-refractivity contribution is -0.141. The van der Waals surface area contributed by atoms with E-state index in [9.17, 15) is 9.59 Å². The number of piperidine rings is 3. The zero-order valence-electron chi connectivity index (χ0n) is 19.7. The molecule has 6 nitrogen and oxygen atoms in total. The minimum atomic E-state index is -0.0273. The maximum Gasteiger partial charge on any atom is 0.251 e. The second-order valence-electron chi connectivity index (χ2n) is 9.94. The van der Waals surface area contributed by atoms with E-state index >= 15 is 0 Å². The second kappa shape index (κ2) is 11.3. The number of rotatable bonds is 6. The molecular formula is C26H40N4O2. The van der Waals surface area contributed by atoms with Crippen LogP contribution in [0.1, 0.15) is 61.7 Å². The summed E-state index contributed by atoms with van der Waals surface area (Å²) in [4.78, 5) is 33.0. The van der Waals surface area contributed by atoms with Crippen molar-refractivity contribution < 1.29 is 9.59 Å². The number of likely N-dealkylation sites (tertiary alicyclic amines) is 3. The highest BCUT2D eigenvalue weighted by Gasteiger charge is 2.35. The summed E-state index contributed by atoms with van der Waals surface area (Å²) in [5, 5.41) is 3.04. The van der Waals surface area contributed by atoms with E-state index in [0.29, 0.717) is 24.1 Å². The number of hydrogen-bond donors (Lipinski definition) is 1. The van der Waals surface area contributed by atoms with Crippen molar-refractivity contribution in [3.63, 3.8) is 0 Å². The molecule has 0 saturated carbocycles. The van der Waals surface area contributed by atoms with E-state index in [2.05, 4.69) is 27.1 Å². The van der Waals surface area contributed by atoms with Crippen molar-refractivity contribution in [1.29, 1.82) is 0 Å². The van der Waals surface area contributed by atoms with Crippen molar-refractivity contribution in [3.8, 4) is 0 Å². The third kappa shape index (κ3) is 5.90. The maximum absolute atomic E-state index is 13.4. The van der Waals surface area contributed by atoms with Gasteiger partial charge in [0.05, 0.1) is 0 Å². The highest BCUT2D eigenvalue weighted by Crippen LogP contribution is 2.28. The molecule has 3 saturated heterocycles. The smallest absolute Gasteiger partial charge is 0.251 e. The molecule has 0 unspecified atom stereocenters. The summed E-state index contributed by atoms with van der Waals surface area (Å²) in [7, 11) is 2.21. The summed E-state index contributed by atoms with van der Waals surface area (Å²) in [6.07, 6.45) is 8.71. The van der Waals surface area contributed by atoms with Crippen molar-refractivity contribution in [1.82, 2.24) is 20.0 Å². The average Bonchev–Trinajstić information content (AvgIpc) is 2.85. The SMILES string of the molecule is CN1CCC(N2CCC(C(=O)N3CCCC[C@H]3CCNC(=O)c3ccccc3)CC2)CC1. The fraction of sp³-hybridized carbons (Fsp3) is 0.692. The second-order valence-corrected chi connectivity index (χ2v) is 9.94. The molecule has 0 spiro atoms. The van der Waals surface area contributed by atoms with Gasteiger partial charge in [0.2, 0.25) is 5.91 Å². The predicted octanol–water partition coefficient (Wildman–Crippen LogP) is 2.99. The molecule has 1 N–H and O–H groups in total.